The lowest BCUT2D eigenvalue weighted by molar-refractivity contribution is 0.102. The Morgan fingerprint density at radius 3 is 2.32 bits per heavy atom. The van der Waals surface area contributed by atoms with Crippen LogP contribution in [0.1, 0.15) is 15.9 Å². The second-order valence-corrected chi connectivity index (χ2v) is 6.57. The summed E-state index contributed by atoms with van der Waals surface area (Å²) >= 11 is 6.14. The summed E-state index contributed by atoms with van der Waals surface area (Å²) in [6.45, 7) is 0.429. The van der Waals surface area contributed by atoms with E-state index in [1.807, 2.05) is 72.8 Å². The highest BCUT2D eigenvalue weighted by molar-refractivity contribution is 6.34. The van der Waals surface area contributed by atoms with Gasteiger partial charge < -0.3 is 10.6 Å². The molecule has 0 atom stereocenters. The molecule has 6 heteroatoms. The predicted molar refractivity (Wildman–Crippen MR) is 113 cm³/mol. The minimum Gasteiger partial charge on any atom is -0.364 e. The van der Waals surface area contributed by atoms with Gasteiger partial charge in [-0.3, -0.25) is 4.79 Å². The first-order valence-electron chi connectivity index (χ1n) is 8.81. The third-order valence-electron chi connectivity index (χ3n) is 4.38. The zero-order valence-corrected chi connectivity index (χ0v) is 15.6. The maximum absolute atomic E-state index is 12.7. The van der Waals surface area contributed by atoms with E-state index >= 15 is 0 Å². The maximum Gasteiger partial charge on any atom is 0.256 e. The van der Waals surface area contributed by atoms with Crippen LogP contribution in [-0.4, -0.2) is 16.1 Å². The second-order valence-electron chi connectivity index (χ2n) is 6.22. The number of anilines is 2. The Kier molecular flexibility index (Phi) is 5.17. The Labute approximate surface area is 167 Å². The summed E-state index contributed by atoms with van der Waals surface area (Å²) in [5.41, 5.74) is 2.21. The predicted octanol–water partition coefficient (Wildman–Crippen LogP) is 5.15. The highest BCUT2D eigenvalue weighted by Crippen LogP contribution is 2.26. The standard InChI is InChI=1S/C22H17ClN4O/c23-20-18-12-6-7-13-19(18)21(27-26-20)24-14-15-8-4-5-11-17(15)22(28)25-16-9-2-1-3-10-16/h1-13H,14H2,(H,24,27)(H,25,28). The Hall–Kier alpha value is -3.44. The third-order valence-corrected chi connectivity index (χ3v) is 4.66. The van der Waals surface area contributed by atoms with Gasteiger partial charge >= 0.3 is 0 Å². The lowest BCUT2D eigenvalue weighted by Gasteiger charge is -2.12. The van der Waals surface area contributed by atoms with Crippen molar-refractivity contribution in [2.45, 2.75) is 6.54 Å². The number of carbonyl (C=O) groups excluding carboxylic acids is 1. The van der Waals surface area contributed by atoms with E-state index < -0.39 is 0 Å². The van der Waals surface area contributed by atoms with Gasteiger partial charge in [-0.1, -0.05) is 72.3 Å². The molecule has 0 fully saturated rings. The monoisotopic (exact) mass is 388 g/mol. The van der Waals surface area contributed by atoms with Crippen LogP contribution < -0.4 is 10.6 Å². The molecule has 1 aromatic heterocycles. The van der Waals surface area contributed by atoms with E-state index in [1.54, 1.807) is 6.07 Å². The second kappa shape index (κ2) is 8.06. The van der Waals surface area contributed by atoms with Crippen molar-refractivity contribution in [3.8, 4) is 0 Å². The van der Waals surface area contributed by atoms with E-state index in [0.29, 0.717) is 23.1 Å². The highest BCUT2D eigenvalue weighted by Gasteiger charge is 2.12. The number of halogens is 1. The van der Waals surface area contributed by atoms with Crippen molar-refractivity contribution in [2.75, 3.05) is 10.6 Å². The van der Waals surface area contributed by atoms with Crippen molar-refractivity contribution in [2.24, 2.45) is 0 Å². The number of nitrogens with one attached hydrogen (secondary N) is 2. The van der Waals surface area contributed by atoms with Crippen LogP contribution in [-0.2, 0) is 6.54 Å². The molecule has 28 heavy (non-hydrogen) atoms. The number of carbonyl (C=O) groups is 1. The molecule has 1 amide bonds. The average molecular weight is 389 g/mol. The molecule has 3 aromatic carbocycles. The molecule has 0 unspecified atom stereocenters. The van der Waals surface area contributed by atoms with E-state index in [4.69, 9.17) is 11.6 Å². The van der Waals surface area contributed by atoms with Gasteiger partial charge in [-0.2, -0.15) is 0 Å². The minimum absolute atomic E-state index is 0.157. The first-order valence-corrected chi connectivity index (χ1v) is 9.19. The number of aromatic nitrogens is 2. The third kappa shape index (κ3) is 3.80. The molecule has 5 nitrogen and oxygen atoms in total. The number of hydrogen-bond donors (Lipinski definition) is 2. The molecule has 0 saturated heterocycles. The summed E-state index contributed by atoms with van der Waals surface area (Å²) in [5.74, 6) is 0.467. The van der Waals surface area contributed by atoms with Crippen LogP contribution in [0.2, 0.25) is 5.15 Å². The van der Waals surface area contributed by atoms with Crippen molar-refractivity contribution in [3.05, 3.63) is 95.1 Å². The Bertz CT molecular complexity index is 1130. The number of rotatable bonds is 5. The number of amides is 1. The minimum atomic E-state index is -0.157. The van der Waals surface area contributed by atoms with Gasteiger partial charge in [0.15, 0.2) is 11.0 Å². The SMILES string of the molecule is O=C(Nc1ccccc1)c1ccccc1CNc1nnc(Cl)c2ccccc12. The van der Waals surface area contributed by atoms with Gasteiger partial charge in [-0.15, -0.1) is 10.2 Å². The number of para-hydroxylation sites is 1. The summed E-state index contributed by atoms with van der Waals surface area (Å²) in [7, 11) is 0. The molecular formula is C22H17ClN4O. The van der Waals surface area contributed by atoms with Gasteiger partial charge in [0.2, 0.25) is 0 Å². The van der Waals surface area contributed by atoms with Crippen molar-refractivity contribution in [1.29, 1.82) is 0 Å². The molecule has 138 valence electrons. The molecule has 4 aromatic rings. The quantitative estimate of drug-likeness (QED) is 0.496. The fraction of sp³-hybridized carbons (Fsp3) is 0.0455. The smallest absolute Gasteiger partial charge is 0.256 e. The van der Waals surface area contributed by atoms with Crippen molar-refractivity contribution in [1.82, 2.24) is 10.2 Å². The maximum atomic E-state index is 12.7. The van der Waals surface area contributed by atoms with Crippen LogP contribution >= 0.6 is 11.6 Å². The van der Waals surface area contributed by atoms with Gasteiger partial charge in [-0.25, -0.2) is 0 Å². The zero-order chi connectivity index (χ0) is 19.3. The Balaban J connectivity index is 1.57. The van der Waals surface area contributed by atoms with Gasteiger partial charge in [0.25, 0.3) is 5.91 Å². The van der Waals surface area contributed by atoms with E-state index in [1.165, 1.54) is 0 Å². The van der Waals surface area contributed by atoms with Crippen molar-refractivity contribution in [3.63, 3.8) is 0 Å². The van der Waals surface area contributed by atoms with E-state index in [-0.39, 0.29) is 5.91 Å². The number of nitrogens with zero attached hydrogens (tertiary/aromatic N) is 2. The Morgan fingerprint density at radius 1 is 0.821 bits per heavy atom. The number of benzene rings is 3. The molecule has 0 saturated carbocycles. The van der Waals surface area contributed by atoms with E-state index in [0.717, 1.165) is 22.0 Å². The zero-order valence-electron chi connectivity index (χ0n) is 14.9. The van der Waals surface area contributed by atoms with Gasteiger partial charge in [-0.05, 0) is 23.8 Å². The molecule has 0 spiro atoms. The van der Waals surface area contributed by atoms with Crippen LogP contribution in [0.15, 0.2) is 78.9 Å². The summed E-state index contributed by atoms with van der Waals surface area (Å²) in [4.78, 5) is 12.7. The topological polar surface area (TPSA) is 66.9 Å². The van der Waals surface area contributed by atoms with Crippen LogP contribution in [0.5, 0.6) is 0 Å². The van der Waals surface area contributed by atoms with Crippen LogP contribution in [0, 0.1) is 0 Å². The van der Waals surface area contributed by atoms with Gasteiger partial charge in [0, 0.05) is 28.6 Å². The van der Waals surface area contributed by atoms with E-state index in [2.05, 4.69) is 20.8 Å². The van der Waals surface area contributed by atoms with Gasteiger partial charge in [0.05, 0.1) is 0 Å². The molecule has 2 N–H and O–H groups in total. The molecule has 0 aliphatic carbocycles. The largest absolute Gasteiger partial charge is 0.364 e. The summed E-state index contributed by atoms with van der Waals surface area (Å²) in [6.07, 6.45) is 0. The van der Waals surface area contributed by atoms with Crippen molar-refractivity contribution >= 4 is 39.8 Å². The van der Waals surface area contributed by atoms with Crippen LogP contribution in [0.4, 0.5) is 11.5 Å². The van der Waals surface area contributed by atoms with Gasteiger partial charge in [0.1, 0.15) is 0 Å². The Morgan fingerprint density at radius 2 is 1.50 bits per heavy atom. The van der Waals surface area contributed by atoms with Crippen LogP contribution in [0.25, 0.3) is 10.8 Å². The molecule has 0 bridgehead atoms. The fourth-order valence-electron chi connectivity index (χ4n) is 3.00. The number of fused-ring (bicyclic) bond motifs is 1. The molecule has 4 rings (SSSR count). The summed E-state index contributed by atoms with van der Waals surface area (Å²) < 4.78 is 0. The van der Waals surface area contributed by atoms with E-state index in [9.17, 15) is 4.79 Å². The lowest BCUT2D eigenvalue weighted by atomic mass is 10.1. The summed E-state index contributed by atoms with van der Waals surface area (Å²) in [5, 5.41) is 16.5. The molecular weight excluding hydrogens is 372 g/mol. The average Bonchev–Trinajstić information content (AvgIpc) is 2.74. The molecule has 0 radical (unpaired) electrons. The molecule has 0 aliphatic heterocycles. The molecule has 0 aliphatic rings. The first kappa shape index (κ1) is 17.9. The van der Waals surface area contributed by atoms with Crippen LogP contribution in [0.3, 0.4) is 0 Å². The first-order chi connectivity index (χ1) is 13.7. The summed E-state index contributed by atoms with van der Waals surface area (Å²) in [6, 6.07) is 24.5. The normalized spacial score (nSPS) is 10.6. The van der Waals surface area contributed by atoms with Crippen molar-refractivity contribution < 1.29 is 4.79 Å². The fourth-order valence-corrected chi connectivity index (χ4v) is 3.20. The lowest BCUT2D eigenvalue weighted by Crippen LogP contribution is -2.15. The highest BCUT2D eigenvalue weighted by atomic mass is 35.5. The molecule has 1 heterocycles. The number of hydrogen-bond acceptors (Lipinski definition) is 4.